The zero-order valence-corrected chi connectivity index (χ0v) is 54.6. The van der Waals surface area contributed by atoms with E-state index in [4.69, 9.17) is 37.0 Å². The lowest BCUT2D eigenvalue weighted by atomic mass is 10.00. The molecule has 0 aliphatic carbocycles. The SMILES string of the molecule is CCCCCCCCCCCCCCCC(=O)O[C@H](COC(=O)CCCCCCCCCC(C)C)COP(=O)(O)OC[C@@H](O)COP(=O)(O)OC[C@@H](COC(=O)CCCCCCCCCCC)OC(=O)CCCCCCCCC(C)CC. The van der Waals surface area contributed by atoms with Crippen molar-refractivity contribution in [3.8, 4) is 0 Å². The number of hydrogen-bond acceptors (Lipinski definition) is 15. The Morgan fingerprint density at radius 3 is 0.927 bits per heavy atom. The van der Waals surface area contributed by atoms with Gasteiger partial charge in [0.1, 0.15) is 19.3 Å². The van der Waals surface area contributed by atoms with Crippen LogP contribution in [0.2, 0.25) is 0 Å². The Balaban J connectivity index is 5.24. The van der Waals surface area contributed by atoms with Crippen LogP contribution < -0.4 is 0 Å². The smallest absolute Gasteiger partial charge is 0.462 e. The summed E-state index contributed by atoms with van der Waals surface area (Å²) in [4.78, 5) is 72.1. The molecule has 0 aromatic rings. The zero-order chi connectivity index (χ0) is 60.8. The highest BCUT2D eigenvalue weighted by Crippen LogP contribution is 2.45. The Labute approximate surface area is 498 Å². The molecule has 3 unspecified atom stereocenters. The van der Waals surface area contributed by atoms with Crippen LogP contribution in [0.25, 0.3) is 0 Å². The van der Waals surface area contributed by atoms with Crippen molar-refractivity contribution in [1.82, 2.24) is 0 Å². The van der Waals surface area contributed by atoms with Gasteiger partial charge in [0.2, 0.25) is 0 Å². The number of carbonyl (C=O) groups excluding carboxylic acids is 4. The number of esters is 4. The summed E-state index contributed by atoms with van der Waals surface area (Å²) < 4.78 is 67.9. The first-order chi connectivity index (χ1) is 39.4. The maximum atomic E-state index is 13.0. The molecule has 0 saturated heterocycles. The van der Waals surface area contributed by atoms with Crippen LogP contribution >= 0.6 is 15.6 Å². The molecule has 0 aromatic carbocycles. The molecule has 82 heavy (non-hydrogen) atoms. The molecule has 0 aliphatic rings. The van der Waals surface area contributed by atoms with Gasteiger partial charge < -0.3 is 33.8 Å². The van der Waals surface area contributed by atoms with E-state index in [1.54, 1.807) is 0 Å². The van der Waals surface area contributed by atoms with Gasteiger partial charge in [-0.25, -0.2) is 9.13 Å². The second-order valence-corrected chi connectivity index (χ2v) is 26.4. The molecule has 17 nitrogen and oxygen atoms in total. The third-order valence-corrected chi connectivity index (χ3v) is 16.7. The van der Waals surface area contributed by atoms with Gasteiger partial charge >= 0.3 is 39.5 Å². The largest absolute Gasteiger partial charge is 0.472 e. The van der Waals surface area contributed by atoms with Crippen LogP contribution in [0.1, 0.15) is 311 Å². The third-order valence-electron chi connectivity index (χ3n) is 14.8. The average molecular weight is 1210 g/mol. The summed E-state index contributed by atoms with van der Waals surface area (Å²) in [6.07, 6.45) is 37.6. The molecule has 0 heterocycles. The summed E-state index contributed by atoms with van der Waals surface area (Å²) in [5, 5.41) is 10.5. The van der Waals surface area contributed by atoms with E-state index in [-0.39, 0.29) is 25.7 Å². The third kappa shape index (κ3) is 55.9. The maximum absolute atomic E-state index is 13.0. The van der Waals surface area contributed by atoms with E-state index in [1.165, 1.54) is 122 Å². The van der Waals surface area contributed by atoms with Crippen molar-refractivity contribution in [3.05, 3.63) is 0 Å². The Bertz CT molecular complexity index is 1620. The number of unbranched alkanes of at least 4 members (excludes halogenated alkanes) is 31. The number of rotatable bonds is 62. The van der Waals surface area contributed by atoms with Gasteiger partial charge in [-0.2, -0.15) is 0 Å². The fraction of sp³-hybridized carbons (Fsp3) is 0.937. The molecule has 0 amide bonds. The van der Waals surface area contributed by atoms with Crippen molar-refractivity contribution in [2.24, 2.45) is 11.8 Å². The fourth-order valence-corrected chi connectivity index (χ4v) is 10.9. The number of ether oxygens (including phenoxy) is 4. The second kappa shape index (κ2) is 55.6. The standard InChI is InChI=1S/C63H122O17P2/c1-7-10-12-14-16-18-19-20-21-23-27-35-41-47-62(67)79-58(51-74-61(66)46-40-34-28-24-25-31-37-43-55(4)5)53-77-81(69,70)75-49-57(64)50-76-82(71,72)78-54-59(52-73-60(65)45-39-33-26-22-17-15-13-11-8-2)80-63(68)48-42-36-30-29-32-38-44-56(6)9-3/h55-59,64H,7-54H2,1-6H3,(H,69,70)(H,71,72)/t56?,57-,58-,59-/m1/s1. The highest BCUT2D eigenvalue weighted by molar-refractivity contribution is 7.47. The summed E-state index contributed by atoms with van der Waals surface area (Å²) in [7, 11) is -9.88. The van der Waals surface area contributed by atoms with E-state index < -0.39 is 97.5 Å². The van der Waals surface area contributed by atoms with Crippen LogP contribution in [-0.2, 0) is 65.4 Å². The summed E-state index contributed by atoms with van der Waals surface area (Å²) in [6, 6.07) is 0. The van der Waals surface area contributed by atoms with Crippen molar-refractivity contribution >= 4 is 39.5 Å². The van der Waals surface area contributed by atoms with Crippen molar-refractivity contribution < 1.29 is 80.2 Å². The molecule has 6 atom stereocenters. The molecular weight excluding hydrogens is 1090 g/mol. The molecule has 0 saturated carbocycles. The molecule has 0 rings (SSSR count). The molecule has 0 aliphatic heterocycles. The number of phosphoric acid groups is 2. The lowest BCUT2D eigenvalue weighted by Crippen LogP contribution is -2.30. The fourth-order valence-electron chi connectivity index (χ4n) is 9.32. The minimum Gasteiger partial charge on any atom is -0.462 e. The van der Waals surface area contributed by atoms with Gasteiger partial charge in [0.05, 0.1) is 26.4 Å². The number of aliphatic hydroxyl groups excluding tert-OH is 1. The molecular formula is C63H122O17P2. The first kappa shape index (κ1) is 80.1. The van der Waals surface area contributed by atoms with E-state index in [9.17, 15) is 43.2 Å². The van der Waals surface area contributed by atoms with Gasteiger partial charge in [-0.05, 0) is 37.5 Å². The molecule has 486 valence electrons. The molecule has 0 spiro atoms. The normalized spacial score (nSPS) is 14.7. The number of aliphatic hydroxyl groups is 1. The van der Waals surface area contributed by atoms with Crippen LogP contribution in [0.5, 0.6) is 0 Å². The minimum absolute atomic E-state index is 0.103. The first-order valence-corrected chi connectivity index (χ1v) is 36.0. The van der Waals surface area contributed by atoms with E-state index in [2.05, 4.69) is 41.5 Å². The second-order valence-electron chi connectivity index (χ2n) is 23.5. The summed E-state index contributed by atoms with van der Waals surface area (Å²) in [5.41, 5.74) is 0. The Hall–Kier alpha value is -1.94. The molecule has 0 bridgehead atoms. The lowest BCUT2D eigenvalue weighted by Gasteiger charge is -2.21. The topological polar surface area (TPSA) is 237 Å². The van der Waals surface area contributed by atoms with E-state index >= 15 is 0 Å². The minimum atomic E-state index is -4.94. The van der Waals surface area contributed by atoms with Crippen LogP contribution in [0.15, 0.2) is 0 Å². The number of phosphoric ester groups is 2. The number of carbonyl (C=O) groups is 4. The average Bonchev–Trinajstić information content (AvgIpc) is 3.44. The Kier molecular flexibility index (Phi) is 54.3. The van der Waals surface area contributed by atoms with Crippen LogP contribution in [0.3, 0.4) is 0 Å². The predicted molar refractivity (Wildman–Crippen MR) is 326 cm³/mol. The van der Waals surface area contributed by atoms with Gasteiger partial charge in [-0.1, -0.05) is 260 Å². The van der Waals surface area contributed by atoms with E-state index in [0.717, 1.165) is 102 Å². The highest BCUT2D eigenvalue weighted by Gasteiger charge is 2.30. The Morgan fingerprint density at radius 2 is 0.622 bits per heavy atom. The molecule has 0 aromatic heterocycles. The van der Waals surface area contributed by atoms with Gasteiger partial charge in [-0.15, -0.1) is 0 Å². The predicted octanol–water partition coefficient (Wildman–Crippen LogP) is 17.3. The van der Waals surface area contributed by atoms with Crippen LogP contribution in [0.4, 0.5) is 0 Å². The van der Waals surface area contributed by atoms with Crippen molar-refractivity contribution in [2.75, 3.05) is 39.6 Å². The molecule has 3 N–H and O–H groups in total. The van der Waals surface area contributed by atoms with Crippen molar-refractivity contribution in [2.45, 2.75) is 330 Å². The maximum Gasteiger partial charge on any atom is 0.472 e. The van der Waals surface area contributed by atoms with Crippen LogP contribution in [0, 0.1) is 11.8 Å². The van der Waals surface area contributed by atoms with Crippen molar-refractivity contribution in [3.63, 3.8) is 0 Å². The number of hydrogen-bond donors (Lipinski definition) is 3. The molecule has 0 radical (unpaired) electrons. The Morgan fingerprint density at radius 1 is 0.354 bits per heavy atom. The van der Waals surface area contributed by atoms with Gasteiger partial charge in [0.15, 0.2) is 12.2 Å². The van der Waals surface area contributed by atoms with E-state index in [1.807, 2.05) is 0 Å². The first-order valence-electron chi connectivity index (χ1n) is 33.0. The van der Waals surface area contributed by atoms with Gasteiger partial charge in [0, 0.05) is 25.7 Å². The zero-order valence-electron chi connectivity index (χ0n) is 52.8. The summed E-state index contributed by atoms with van der Waals surface area (Å²) >= 11 is 0. The van der Waals surface area contributed by atoms with Crippen LogP contribution in [-0.4, -0.2) is 96.7 Å². The van der Waals surface area contributed by atoms with E-state index in [0.29, 0.717) is 31.6 Å². The highest BCUT2D eigenvalue weighted by atomic mass is 31.2. The van der Waals surface area contributed by atoms with Gasteiger partial charge in [-0.3, -0.25) is 37.3 Å². The lowest BCUT2D eigenvalue weighted by molar-refractivity contribution is -0.161. The summed E-state index contributed by atoms with van der Waals surface area (Å²) in [5.74, 6) is -0.713. The summed E-state index contributed by atoms with van der Waals surface area (Å²) in [6.45, 7) is 9.37. The quantitative estimate of drug-likeness (QED) is 0.0222. The molecule has 0 fully saturated rings. The van der Waals surface area contributed by atoms with Gasteiger partial charge in [0.25, 0.3) is 0 Å². The molecule has 19 heteroatoms. The monoisotopic (exact) mass is 1210 g/mol. The van der Waals surface area contributed by atoms with Crippen molar-refractivity contribution in [1.29, 1.82) is 0 Å².